The van der Waals surface area contributed by atoms with Crippen LogP contribution in [0, 0.1) is 0 Å². The summed E-state index contributed by atoms with van der Waals surface area (Å²) in [6.07, 6.45) is 0. The summed E-state index contributed by atoms with van der Waals surface area (Å²) in [4.78, 5) is 12.4. The van der Waals surface area contributed by atoms with Crippen LogP contribution in [0.2, 0.25) is 0 Å². The number of amides is 1. The van der Waals surface area contributed by atoms with Gasteiger partial charge in [-0.2, -0.15) is 0 Å². The topological polar surface area (TPSA) is 41.1 Å². The Bertz CT molecular complexity index is 764. The van der Waals surface area contributed by atoms with E-state index in [0.29, 0.717) is 0 Å². The molecule has 0 spiro atoms. The van der Waals surface area contributed by atoms with Crippen molar-refractivity contribution in [2.75, 3.05) is 6.54 Å². The summed E-state index contributed by atoms with van der Waals surface area (Å²) >= 11 is 0. The van der Waals surface area contributed by atoms with Crippen LogP contribution in [0.4, 0.5) is 0 Å². The molecule has 0 aromatic heterocycles. The molecular weight excluding hydrogens is 320 g/mol. The zero-order valence-corrected chi connectivity index (χ0v) is 14.9. The number of hydrogen-bond donors (Lipinski definition) is 2. The maximum absolute atomic E-state index is 12.4. The molecule has 3 aromatic rings. The van der Waals surface area contributed by atoms with Gasteiger partial charge in [0.1, 0.15) is 0 Å². The predicted octanol–water partition coefficient (Wildman–Crippen LogP) is 4.24. The second-order valence-corrected chi connectivity index (χ2v) is 6.34. The van der Waals surface area contributed by atoms with E-state index in [2.05, 4.69) is 34.9 Å². The van der Waals surface area contributed by atoms with Crippen molar-refractivity contribution in [2.45, 2.75) is 19.0 Å². The van der Waals surface area contributed by atoms with Crippen LogP contribution >= 0.6 is 0 Å². The minimum Gasteiger partial charge on any atom is -0.348 e. The fourth-order valence-electron chi connectivity index (χ4n) is 3.03. The summed E-state index contributed by atoms with van der Waals surface area (Å²) < 4.78 is 0. The van der Waals surface area contributed by atoms with Crippen molar-refractivity contribution in [3.63, 3.8) is 0 Å². The molecule has 2 N–H and O–H groups in total. The molecule has 1 unspecified atom stereocenters. The highest BCUT2D eigenvalue weighted by Gasteiger charge is 2.15. The van der Waals surface area contributed by atoms with E-state index < -0.39 is 0 Å². The van der Waals surface area contributed by atoms with Crippen LogP contribution < -0.4 is 10.6 Å². The van der Waals surface area contributed by atoms with E-state index in [-0.39, 0.29) is 24.5 Å². The quantitative estimate of drug-likeness (QED) is 0.673. The molecule has 0 aliphatic rings. The molecule has 3 aromatic carbocycles. The molecule has 3 heteroatoms. The lowest BCUT2D eigenvalue weighted by molar-refractivity contribution is -0.121. The zero-order valence-electron chi connectivity index (χ0n) is 14.9. The van der Waals surface area contributed by atoms with Gasteiger partial charge in [0.25, 0.3) is 0 Å². The van der Waals surface area contributed by atoms with Crippen LogP contribution in [0.1, 0.15) is 35.7 Å². The van der Waals surface area contributed by atoms with Crippen molar-refractivity contribution in [1.82, 2.24) is 10.6 Å². The van der Waals surface area contributed by atoms with Gasteiger partial charge in [0.2, 0.25) is 5.91 Å². The highest BCUT2D eigenvalue weighted by atomic mass is 16.1. The van der Waals surface area contributed by atoms with Crippen molar-refractivity contribution in [3.8, 4) is 0 Å². The second-order valence-electron chi connectivity index (χ2n) is 6.34. The van der Waals surface area contributed by atoms with Crippen LogP contribution in [-0.2, 0) is 4.79 Å². The Kier molecular flexibility index (Phi) is 6.18. The fourth-order valence-corrected chi connectivity index (χ4v) is 3.03. The molecule has 0 bridgehead atoms. The second kappa shape index (κ2) is 8.97. The van der Waals surface area contributed by atoms with Gasteiger partial charge in [-0.3, -0.25) is 10.1 Å². The average Bonchev–Trinajstić information content (AvgIpc) is 2.70. The fraction of sp³-hybridized carbons (Fsp3) is 0.174. The van der Waals surface area contributed by atoms with Crippen molar-refractivity contribution >= 4 is 5.91 Å². The summed E-state index contributed by atoms with van der Waals surface area (Å²) in [6, 6.07) is 30.3. The molecule has 0 heterocycles. The number of rotatable bonds is 7. The molecule has 3 rings (SSSR count). The highest BCUT2D eigenvalue weighted by molar-refractivity contribution is 5.78. The van der Waals surface area contributed by atoms with Gasteiger partial charge in [0, 0.05) is 0 Å². The van der Waals surface area contributed by atoms with Gasteiger partial charge in [0.05, 0.1) is 18.6 Å². The van der Waals surface area contributed by atoms with Gasteiger partial charge in [-0.15, -0.1) is 0 Å². The molecule has 0 saturated heterocycles. The van der Waals surface area contributed by atoms with E-state index in [1.165, 1.54) is 0 Å². The molecule has 1 amide bonds. The Hall–Kier alpha value is -2.91. The third kappa shape index (κ3) is 4.80. The lowest BCUT2D eigenvalue weighted by Crippen LogP contribution is -2.37. The molecule has 132 valence electrons. The molecule has 0 saturated carbocycles. The van der Waals surface area contributed by atoms with Gasteiger partial charge >= 0.3 is 0 Å². The van der Waals surface area contributed by atoms with Gasteiger partial charge < -0.3 is 5.32 Å². The van der Waals surface area contributed by atoms with Crippen LogP contribution in [0.3, 0.4) is 0 Å². The predicted molar refractivity (Wildman–Crippen MR) is 106 cm³/mol. The maximum Gasteiger partial charge on any atom is 0.234 e. The lowest BCUT2D eigenvalue weighted by atomic mass is 9.99. The largest absolute Gasteiger partial charge is 0.348 e. The Labute approximate surface area is 155 Å². The summed E-state index contributed by atoms with van der Waals surface area (Å²) in [5.74, 6) is -0.0155. The number of carbonyl (C=O) groups excluding carboxylic acids is 1. The Balaban J connectivity index is 1.65. The van der Waals surface area contributed by atoms with E-state index in [9.17, 15) is 4.79 Å². The van der Waals surface area contributed by atoms with E-state index in [0.717, 1.165) is 16.7 Å². The van der Waals surface area contributed by atoms with Crippen LogP contribution in [0.25, 0.3) is 0 Å². The minimum atomic E-state index is -0.0184. The monoisotopic (exact) mass is 344 g/mol. The standard InChI is InChI=1S/C23H24N2O/c1-18(19-11-5-2-6-12-19)25-22(26)17-24-23(20-13-7-3-8-14-20)21-15-9-4-10-16-21/h2-16,18,23-24H,17H2,1H3,(H,25,26). The SMILES string of the molecule is CC(NC(=O)CNC(c1ccccc1)c1ccccc1)c1ccccc1. The van der Waals surface area contributed by atoms with Crippen molar-refractivity contribution in [3.05, 3.63) is 108 Å². The van der Waals surface area contributed by atoms with Gasteiger partial charge in [-0.05, 0) is 23.6 Å². The molecule has 26 heavy (non-hydrogen) atoms. The summed E-state index contributed by atoms with van der Waals surface area (Å²) in [7, 11) is 0. The van der Waals surface area contributed by atoms with Crippen LogP contribution in [-0.4, -0.2) is 12.5 Å². The Morgan fingerprint density at radius 2 is 1.15 bits per heavy atom. The first-order valence-corrected chi connectivity index (χ1v) is 8.91. The number of benzene rings is 3. The molecule has 3 nitrogen and oxygen atoms in total. The van der Waals surface area contributed by atoms with Gasteiger partial charge in [0.15, 0.2) is 0 Å². The molecule has 1 atom stereocenters. The highest BCUT2D eigenvalue weighted by Crippen LogP contribution is 2.21. The van der Waals surface area contributed by atoms with Crippen LogP contribution in [0.15, 0.2) is 91.0 Å². The summed E-state index contributed by atoms with van der Waals surface area (Å²) in [5.41, 5.74) is 3.38. The lowest BCUT2D eigenvalue weighted by Gasteiger charge is -2.21. The van der Waals surface area contributed by atoms with E-state index in [1.807, 2.05) is 73.7 Å². The molecule has 0 aliphatic heterocycles. The van der Waals surface area contributed by atoms with E-state index in [4.69, 9.17) is 0 Å². The molecule has 0 radical (unpaired) electrons. The third-order valence-corrected chi connectivity index (χ3v) is 4.41. The van der Waals surface area contributed by atoms with Crippen molar-refractivity contribution in [2.24, 2.45) is 0 Å². The first kappa shape index (κ1) is 17.9. The molecule has 0 aliphatic carbocycles. The molecule has 0 fully saturated rings. The summed E-state index contributed by atoms with van der Waals surface area (Å²) in [5, 5.41) is 6.45. The number of hydrogen-bond acceptors (Lipinski definition) is 2. The smallest absolute Gasteiger partial charge is 0.234 e. The van der Waals surface area contributed by atoms with E-state index in [1.54, 1.807) is 0 Å². The normalized spacial score (nSPS) is 11.9. The maximum atomic E-state index is 12.4. The zero-order chi connectivity index (χ0) is 18.2. The number of carbonyl (C=O) groups is 1. The van der Waals surface area contributed by atoms with Gasteiger partial charge in [-0.25, -0.2) is 0 Å². The van der Waals surface area contributed by atoms with E-state index >= 15 is 0 Å². The molecular formula is C23H24N2O. The minimum absolute atomic E-state index is 0.0155. The summed E-state index contributed by atoms with van der Waals surface area (Å²) in [6.45, 7) is 2.25. The van der Waals surface area contributed by atoms with Crippen molar-refractivity contribution < 1.29 is 4.79 Å². The van der Waals surface area contributed by atoms with Crippen LogP contribution in [0.5, 0.6) is 0 Å². The number of nitrogens with one attached hydrogen (secondary N) is 2. The Morgan fingerprint density at radius 3 is 1.62 bits per heavy atom. The Morgan fingerprint density at radius 1 is 0.731 bits per heavy atom. The van der Waals surface area contributed by atoms with Crippen molar-refractivity contribution in [1.29, 1.82) is 0 Å². The average molecular weight is 344 g/mol. The first-order chi connectivity index (χ1) is 12.7. The first-order valence-electron chi connectivity index (χ1n) is 8.91. The van der Waals surface area contributed by atoms with Gasteiger partial charge in [-0.1, -0.05) is 91.0 Å². The third-order valence-electron chi connectivity index (χ3n) is 4.41.